The number of amides is 1. The summed E-state index contributed by atoms with van der Waals surface area (Å²) in [6.45, 7) is 7.87. The molecule has 6 nitrogen and oxygen atoms in total. The molecule has 0 saturated carbocycles. The summed E-state index contributed by atoms with van der Waals surface area (Å²) in [5.41, 5.74) is 0. The third-order valence-corrected chi connectivity index (χ3v) is 4.28. The lowest BCUT2D eigenvalue weighted by molar-refractivity contribution is -0.128. The summed E-state index contributed by atoms with van der Waals surface area (Å²) in [4.78, 5) is 24.3. The molecule has 0 spiro atoms. The maximum absolute atomic E-state index is 11.5. The number of anilines is 2. The Labute approximate surface area is 134 Å². The van der Waals surface area contributed by atoms with Crippen molar-refractivity contribution in [2.45, 2.75) is 26.7 Å². The zero-order valence-electron chi connectivity index (χ0n) is 12.6. The van der Waals surface area contributed by atoms with Crippen molar-refractivity contribution in [3.8, 4) is 0 Å². The van der Waals surface area contributed by atoms with Gasteiger partial charge in [-0.25, -0.2) is 9.97 Å². The van der Waals surface area contributed by atoms with Crippen molar-refractivity contribution < 1.29 is 4.79 Å². The predicted octanol–water partition coefficient (Wildman–Crippen LogP) is 2.12. The molecule has 1 aromatic heterocycles. The van der Waals surface area contributed by atoms with Gasteiger partial charge in [0.25, 0.3) is 0 Å². The van der Waals surface area contributed by atoms with Gasteiger partial charge in [-0.1, -0.05) is 6.92 Å². The molecule has 1 aliphatic heterocycles. The zero-order valence-corrected chi connectivity index (χ0v) is 14.2. The van der Waals surface area contributed by atoms with Crippen molar-refractivity contribution in [2.24, 2.45) is 0 Å². The molecule has 1 amide bonds. The monoisotopic (exact) mass is 355 g/mol. The molecule has 21 heavy (non-hydrogen) atoms. The van der Waals surface area contributed by atoms with Gasteiger partial charge < -0.3 is 15.1 Å². The highest BCUT2D eigenvalue weighted by Crippen LogP contribution is 2.30. The van der Waals surface area contributed by atoms with E-state index in [4.69, 9.17) is 0 Å². The van der Waals surface area contributed by atoms with Gasteiger partial charge in [-0.2, -0.15) is 0 Å². The van der Waals surface area contributed by atoms with Crippen LogP contribution in [-0.4, -0.2) is 53.5 Å². The number of carbonyl (C=O) groups excluding carboxylic acids is 1. The van der Waals surface area contributed by atoms with Crippen molar-refractivity contribution in [2.75, 3.05) is 42.9 Å². The van der Waals surface area contributed by atoms with Crippen LogP contribution in [-0.2, 0) is 4.79 Å². The fraction of sp³-hybridized carbons (Fsp3) is 0.643. The number of halogens is 1. The van der Waals surface area contributed by atoms with Crippen LogP contribution in [0, 0.1) is 0 Å². The molecule has 116 valence electrons. The number of rotatable bonds is 4. The van der Waals surface area contributed by atoms with Crippen LogP contribution in [0.2, 0.25) is 0 Å². The van der Waals surface area contributed by atoms with Gasteiger partial charge in [-0.3, -0.25) is 4.79 Å². The largest absolute Gasteiger partial charge is 0.369 e. The summed E-state index contributed by atoms with van der Waals surface area (Å²) < 4.78 is 0.898. The smallest absolute Gasteiger partial charge is 0.219 e. The summed E-state index contributed by atoms with van der Waals surface area (Å²) in [6, 6.07) is 0. The first-order valence-electron chi connectivity index (χ1n) is 7.38. The lowest BCUT2D eigenvalue weighted by Crippen LogP contribution is -2.34. The van der Waals surface area contributed by atoms with Crippen LogP contribution < -0.4 is 10.2 Å². The van der Waals surface area contributed by atoms with Gasteiger partial charge in [0.15, 0.2) is 0 Å². The Balaban J connectivity index is 2.12. The highest BCUT2D eigenvalue weighted by molar-refractivity contribution is 9.10. The highest BCUT2D eigenvalue weighted by atomic mass is 79.9. The summed E-state index contributed by atoms with van der Waals surface area (Å²) in [6.07, 6.45) is 3.59. The van der Waals surface area contributed by atoms with Gasteiger partial charge in [0, 0.05) is 39.6 Å². The number of hydrogen-bond acceptors (Lipinski definition) is 5. The van der Waals surface area contributed by atoms with Crippen LogP contribution in [0.5, 0.6) is 0 Å². The summed E-state index contributed by atoms with van der Waals surface area (Å²) in [5.74, 6) is 1.87. The average Bonchev–Trinajstić information content (AvgIpc) is 2.72. The Morgan fingerprint density at radius 3 is 2.86 bits per heavy atom. The van der Waals surface area contributed by atoms with Gasteiger partial charge in [-0.15, -0.1) is 0 Å². The minimum absolute atomic E-state index is 0.143. The zero-order chi connectivity index (χ0) is 15.2. The number of aromatic nitrogens is 2. The Kier molecular flexibility index (Phi) is 5.78. The van der Waals surface area contributed by atoms with Crippen LogP contribution in [0.25, 0.3) is 0 Å². The molecule has 0 bridgehead atoms. The third kappa shape index (κ3) is 4.06. The second-order valence-electron chi connectivity index (χ2n) is 5.13. The minimum atomic E-state index is 0.143. The van der Waals surface area contributed by atoms with Crippen LogP contribution in [0.3, 0.4) is 0 Å². The van der Waals surface area contributed by atoms with E-state index < -0.39 is 0 Å². The van der Waals surface area contributed by atoms with Crippen molar-refractivity contribution in [1.82, 2.24) is 14.9 Å². The van der Waals surface area contributed by atoms with Crippen LogP contribution >= 0.6 is 15.9 Å². The molecule has 1 aromatic rings. The first-order chi connectivity index (χ1) is 10.1. The quantitative estimate of drug-likeness (QED) is 0.896. The Morgan fingerprint density at radius 2 is 2.14 bits per heavy atom. The molecule has 7 heteroatoms. The maximum Gasteiger partial charge on any atom is 0.219 e. The van der Waals surface area contributed by atoms with Gasteiger partial charge in [0.05, 0.1) is 0 Å². The topological polar surface area (TPSA) is 61.4 Å². The lowest BCUT2D eigenvalue weighted by atomic mass is 10.3. The molecule has 1 aliphatic rings. The molecule has 0 aromatic carbocycles. The van der Waals surface area contributed by atoms with E-state index in [0.29, 0.717) is 0 Å². The lowest BCUT2D eigenvalue weighted by Gasteiger charge is -2.23. The summed E-state index contributed by atoms with van der Waals surface area (Å²) in [7, 11) is 0. The van der Waals surface area contributed by atoms with E-state index >= 15 is 0 Å². The van der Waals surface area contributed by atoms with E-state index in [2.05, 4.69) is 43.0 Å². The maximum atomic E-state index is 11.5. The fourth-order valence-corrected chi connectivity index (χ4v) is 2.99. The molecule has 0 atom stereocenters. The van der Waals surface area contributed by atoms with Crippen LogP contribution in [0.1, 0.15) is 26.7 Å². The molecule has 0 unspecified atom stereocenters. The molecule has 2 heterocycles. The van der Waals surface area contributed by atoms with Crippen molar-refractivity contribution in [3.05, 3.63) is 10.8 Å². The normalized spacial score (nSPS) is 15.8. The van der Waals surface area contributed by atoms with Crippen LogP contribution in [0.15, 0.2) is 10.8 Å². The molecule has 0 aliphatic carbocycles. The SMILES string of the molecule is CCCNc1ncnc(N2CCCN(C(C)=O)CC2)c1Br. The highest BCUT2D eigenvalue weighted by Gasteiger charge is 2.20. The summed E-state index contributed by atoms with van der Waals surface area (Å²) >= 11 is 3.61. The van der Waals surface area contributed by atoms with Crippen molar-refractivity contribution in [3.63, 3.8) is 0 Å². The Hall–Kier alpha value is -1.37. The molecular weight excluding hydrogens is 334 g/mol. The van der Waals surface area contributed by atoms with Gasteiger partial charge in [0.2, 0.25) is 5.91 Å². The third-order valence-electron chi connectivity index (χ3n) is 3.55. The minimum Gasteiger partial charge on any atom is -0.369 e. The summed E-state index contributed by atoms with van der Waals surface area (Å²) in [5, 5.41) is 3.30. The van der Waals surface area contributed by atoms with E-state index in [1.165, 1.54) is 0 Å². The molecule has 1 fully saturated rings. The van der Waals surface area contributed by atoms with E-state index in [-0.39, 0.29) is 5.91 Å². The fourth-order valence-electron chi connectivity index (χ4n) is 2.39. The molecule has 0 radical (unpaired) electrons. The standard InChI is InChI=1S/C14H22BrN5O/c1-3-5-16-13-12(15)14(18-10-17-13)20-7-4-6-19(8-9-20)11(2)21/h10H,3-9H2,1-2H3,(H,16,17,18). The van der Waals surface area contributed by atoms with Gasteiger partial charge >= 0.3 is 0 Å². The van der Waals surface area contributed by atoms with Crippen molar-refractivity contribution in [1.29, 1.82) is 0 Å². The van der Waals surface area contributed by atoms with Gasteiger partial charge in [0.1, 0.15) is 22.4 Å². The van der Waals surface area contributed by atoms with Gasteiger partial charge in [-0.05, 0) is 28.8 Å². The first-order valence-corrected chi connectivity index (χ1v) is 8.17. The van der Waals surface area contributed by atoms with E-state index in [1.54, 1.807) is 13.3 Å². The molecule has 1 saturated heterocycles. The number of nitrogens with one attached hydrogen (secondary N) is 1. The first kappa shape index (κ1) is 16.0. The molecule has 1 N–H and O–H groups in total. The molecular formula is C14H22BrN5O. The second kappa shape index (κ2) is 7.59. The molecule has 2 rings (SSSR count). The van der Waals surface area contributed by atoms with Crippen LogP contribution in [0.4, 0.5) is 11.6 Å². The number of hydrogen-bond donors (Lipinski definition) is 1. The van der Waals surface area contributed by atoms with E-state index in [9.17, 15) is 4.79 Å². The van der Waals surface area contributed by atoms with E-state index in [1.807, 2.05) is 4.90 Å². The average molecular weight is 356 g/mol. The number of nitrogens with zero attached hydrogens (tertiary/aromatic N) is 4. The second-order valence-corrected chi connectivity index (χ2v) is 5.93. The Morgan fingerprint density at radius 1 is 1.33 bits per heavy atom. The number of carbonyl (C=O) groups is 1. The Bertz CT molecular complexity index is 496. The van der Waals surface area contributed by atoms with Crippen molar-refractivity contribution >= 4 is 33.5 Å². The predicted molar refractivity (Wildman–Crippen MR) is 87.6 cm³/mol. The van der Waals surface area contributed by atoms with E-state index in [0.717, 1.165) is 61.7 Å².